The summed E-state index contributed by atoms with van der Waals surface area (Å²) < 4.78 is 13.3. The van der Waals surface area contributed by atoms with Crippen molar-refractivity contribution >= 4 is 23.4 Å². The van der Waals surface area contributed by atoms with Gasteiger partial charge in [0.2, 0.25) is 5.91 Å². The minimum Gasteiger partial charge on any atom is -0.396 e. The molecule has 0 aliphatic carbocycles. The van der Waals surface area contributed by atoms with E-state index in [2.05, 4.69) is 0 Å². The maximum atomic E-state index is 13.3. The van der Waals surface area contributed by atoms with Crippen LogP contribution in [0.1, 0.15) is 21.5 Å². The lowest BCUT2D eigenvalue weighted by molar-refractivity contribution is 0.1000. The minimum absolute atomic E-state index is 0.149. The van der Waals surface area contributed by atoms with Crippen LogP contribution in [0, 0.1) is 12.7 Å². The Kier molecular flexibility index (Phi) is 4.29. The number of hydrogen-bond donors (Lipinski definition) is 2. The fourth-order valence-electron chi connectivity index (χ4n) is 1.77. The molecular formula is C15H15FN2OS. The second-order valence-corrected chi connectivity index (χ2v) is 5.53. The van der Waals surface area contributed by atoms with Gasteiger partial charge in [0.1, 0.15) is 5.82 Å². The number of anilines is 1. The van der Waals surface area contributed by atoms with Crippen LogP contribution in [0.3, 0.4) is 0 Å². The van der Waals surface area contributed by atoms with Gasteiger partial charge in [-0.1, -0.05) is 6.07 Å². The molecule has 20 heavy (non-hydrogen) atoms. The number of primary amides is 1. The Hall–Kier alpha value is -2.01. The van der Waals surface area contributed by atoms with Gasteiger partial charge in [-0.3, -0.25) is 4.79 Å². The van der Waals surface area contributed by atoms with E-state index in [1.807, 2.05) is 13.0 Å². The van der Waals surface area contributed by atoms with Crippen LogP contribution >= 0.6 is 11.8 Å². The number of carbonyl (C=O) groups is 1. The van der Waals surface area contributed by atoms with Crippen molar-refractivity contribution in [3.8, 4) is 0 Å². The highest BCUT2D eigenvalue weighted by Gasteiger charge is 2.06. The largest absolute Gasteiger partial charge is 0.396 e. The van der Waals surface area contributed by atoms with Crippen LogP contribution in [0.2, 0.25) is 0 Å². The quantitative estimate of drug-likeness (QED) is 0.671. The summed E-state index contributed by atoms with van der Waals surface area (Å²) in [6.07, 6.45) is 0. The summed E-state index contributed by atoms with van der Waals surface area (Å²) in [5, 5.41) is 0. The zero-order valence-corrected chi connectivity index (χ0v) is 11.8. The van der Waals surface area contributed by atoms with Crippen LogP contribution in [-0.2, 0) is 5.75 Å². The number of amides is 1. The Morgan fingerprint density at radius 2 is 2.00 bits per heavy atom. The molecule has 3 nitrogen and oxygen atoms in total. The van der Waals surface area contributed by atoms with Crippen molar-refractivity contribution in [2.24, 2.45) is 5.73 Å². The second kappa shape index (κ2) is 5.96. The molecule has 0 atom stereocenters. The summed E-state index contributed by atoms with van der Waals surface area (Å²) in [5.74, 6) is -0.155. The van der Waals surface area contributed by atoms with Gasteiger partial charge in [0, 0.05) is 16.2 Å². The molecule has 0 radical (unpaired) electrons. The average Bonchev–Trinajstić information content (AvgIpc) is 2.41. The monoisotopic (exact) mass is 290 g/mol. The van der Waals surface area contributed by atoms with E-state index in [0.29, 0.717) is 11.3 Å². The highest BCUT2D eigenvalue weighted by molar-refractivity contribution is 7.98. The number of hydrogen-bond acceptors (Lipinski definition) is 3. The van der Waals surface area contributed by atoms with E-state index < -0.39 is 11.7 Å². The topological polar surface area (TPSA) is 69.1 Å². The van der Waals surface area contributed by atoms with Gasteiger partial charge in [-0.25, -0.2) is 4.39 Å². The third-order valence-corrected chi connectivity index (χ3v) is 4.04. The fraction of sp³-hybridized carbons (Fsp3) is 0.133. The van der Waals surface area contributed by atoms with E-state index >= 15 is 0 Å². The number of halogens is 1. The molecule has 1 amide bonds. The maximum Gasteiger partial charge on any atom is 0.248 e. The molecule has 104 valence electrons. The number of nitrogen functional groups attached to an aromatic ring is 1. The second-order valence-electron chi connectivity index (χ2n) is 4.48. The van der Waals surface area contributed by atoms with E-state index in [9.17, 15) is 9.18 Å². The molecule has 2 aromatic carbocycles. The lowest BCUT2D eigenvalue weighted by Gasteiger charge is -2.08. The highest BCUT2D eigenvalue weighted by atomic mass is 32.2. The van der Waals surface area contributed by atoms with Crippen LogP contribution in [0.25, 0.3) is 0 Å². The van der Waals surface area contributed by atoms with Crippen molar-refractivity contribution < 1.29 is 9.18 Å². The van der Waals surface area contributed by atoms with Gasteiger partial charge >= 0.3 is 0 Å². The predicted molar refractivity (Wildman–Crippen MR) is 80.1 cm³/mol. The molecule has 2 rings (SSSR count). The summed E-state index contributed by atoms with van der Waals surface area (Å²) in [7, 11) is 0. The number of carbonyl (C=O) groups excluding carboxylic acids is 1. The molecule has 4 N–H and O–H groups in total. The fourth-order valence-corrected chi connectivity index (χ4v) is 2.77. The van der Waals surface area contributed by atoms with Crippen molar-refractivity contribution in [2.75, 3.05) is 5.73 Å². The standard InChI is InChI=1S/C15H15FN2OS/c1-9-6-10(15(18)19)2-3-11(9)8-20-12-4-5-14(17)13(16)7-12/h2-7H,8,17H2,1H3,(H2,18,19). The lowest BCUT2D eigenvalue weighted by Crippen LogP contribution is -2.11. The van der Waals surface area contributed by atoms with Crippen molar-refractivity contribution in [1.82, 2.24) is 0 Å². The molecule has 0 aliphatic heterocycles. The van der Waals surface area contributed by atoms with Crippen LogP contribution in [0.5, 0.6) is 0 Å². The first kappa shape index (κ1) is 14.4. The van der Waals surface area contributed by atoms with Crippen molar-refractivity contribution in [3.05, 3.63) is 58.9 Å². The number of thioether (sulfide) groups is 1. The van der Waals surface area contributed by atoms with Gasteiger partial charge in [0.15, 0.2) is 0 Å². The van der Waals surface area contributed by atoms with Gasteiger partial charge in [-0.2, -0.15) is 0 Å². The smallest absolute Gasteiger partial charge is 0.248 e. The number of benzene rings is 2. The van der Waals surface area contributed by atoms with Gasteiger partial charge < -0.3 is 11.5 Å². The normalized spacial score (nSPS) is 10.5. The minimum atomic E-state index is -0.437. The molecule has 0 heterocycles. The number of aryl methyl sites for hydroxylation is 1. The molecule has 2 aromatic rings. The Balaban J connectivity index is 2.10. The first-order chi connectivity index (χ1) is 9.47. The molecule has 0 aromatic heterocycles. The van der Waals surface area contributed by atoms with Crippen LogP contribution in [0.15, 0.2) is 41.3 Å². The summed E-state index contributed by atoms with van der Waals surface area (Å²) in [6.45, 7) is 1.92. The molecule has 0 saturated carbocycles. The number of rotatable bonds is 4. The maximum absolute atomic E-state index is 13.3. The zero-order chi connectivity index (χ0) is 14.7. The molecule has 0 bridgehead atoms. The van der Waals surface area contributed by atoms with E-state index in [0.717, 1.165) is 16.0 Å². The lowest BCUT2D eigenvalue weighted by atomic mass is 10.1. The predicted octanol–water partition coefficient (Wildman–Crippen LogP) is 3.11. The van der Waals surface area contributed by atoms with Crippen molar-refractivity contribution in [3.63, 3.8) is 0 Å². The molecule has 0 fully saturated rings. The van der Waals surface area contributed by atoms with Gasteiger partial charge in [0.25, 0.3) is 0 Å². The Morgan fingerprint density at radius 3 is 2.60 bits per heavy atom. The van der Waals surface area contributed by atoms with Gasteiger partial charge in [0.05, 0.1) is 5.69 Å². The third kappa shape index (κ3) is 3.30. The molecule has 0 unspecified atom stereocenters. The van der Waals surface area contributed by atoms with E-state index in [1.54, 1.807) is 24.3 Å². The summed E-state index contributed by atoms with van der Waals surface area (Å²) in [5.41, 5.74) is 13.4. The Labute approximate surface area is 121 Å². The highest BCUT2D eigenvalue weighted by Crippen LogP contribution is 2.26. The van der Waals surface area contributed by atoms with Crippen LogP contribution < -0.4 is 11.5 Å². The summed E-state index contributed by atoms with van der Waals surface area (Å²) in [6, 6.07) is 10.1. The summed E-state index contributed by atoms with van der Waals surface area (Å²) >= 11 is 1.51. The van der Waals surface area contributed by atoms with Gasteiger partial charge in [-0.05, 0) is 48.4 Å². The van der Waals surface area contributed by atoms with Crippen molar-refractivity contribution in [1.29, 1.82) is 0 Å². The van der Waals surface area contributed by atoms with E-state index in [4.69, 9.17) is 11.5 Å². The Bertz CT molecular complexity index is 658. The van der Waals surface area contributed by atoms with Crippen LogP contribution in [0.4, 0.5) is 10.1 Å². The van der Waals surface area contributed by atoms with Gasteiger partial charge in [-0.15, -0.1) is 11.8 Å². The van der Waals surface area contributed by atoms with E-state index in [1.165, 1.54) is 17.8 Å². The van der Waals surface area contributed by atoms with Crippen molar-refractivity contribution in [2.45, 2.75) is 17.6 Å². The first-order valence-electron chi connectivity index (χ1n) is 6.04. The van der Waals surface area contributed by atoms with E-state index in [-0.39, 0.29) is 5.69 Å². The zero-order valence-electron chi connectivity index (χ0n) is 11.0. The SMILES string of the molecule is Cc1cc(C(N)=O)ccc1CSc1ccc(N)c(F)c1. The molecular weight excluding hydrogens is 275 g/mol. The number of nitrogens with two attached hydrogens (primary N) is 2. The average molecular weight is 290 g/mol. The van der Waals surface area contributed by atoms with Crippen LogP contribution in [-0.4, -0.2) is 5.91 Å². The first-order valence-corrected chi connectivity index (χ1v) is 7.03. The third-order valence-electron chi connectivity index (χ3n) is 2.99. The molecule has 5 heteroatoms. The molecule has 0 saturated heterocycles. The molecule has 0 spiro atoms. The Morgan fingerprint density at radius 1 is 1.25 bits per heavy atom. The molecule has 0 aliphatic rings. The summed E-state index contributed by atoms with van der Waals surface area (Å²) in [4.78, 5) is 11.9.